The number of aromatic nitrogens is 3. The average molecular weight is 400 g/mol. The Kier molecular flexibility index (Phi) is 5.23. The molecular weight excluding hydrogens is 376 g/mol. The number of amides is 1. The van der Waals surface area contributed by atoms with Crippen molar-refractivity contribution in [1.82, 2.24) is 14.8 Å². The van der Waals surface area contributed by atoms with Crippen molar-refractivity contribution in [2.45, 2.75) is 27.3 Å². The highest BCUT2D eigenvalue weighted by atomic mass is 16.5. The standard InChI is InChI=1S/C24H24N4O2/c1-15-6-5-7-18(12-15)19-10-11-25-24-23(19)17(3)27-28(24)14-22(29)26-20-13-16(2)8-9-21(20)30-4/h5-13H,14H2,1-4H3,(H,26,29). The SMILES string of the molecule is COc1ccc(C)cc1NC(=O)Cn1nc(C)c2c(-c3cccc(C)c3)ccnc21. The van der Waals surface area contributed by atoms with E-state index >= 15 is 0 Å². The van der Waals surface area contributed by atoms with Gasteiger partial charge in [-0.25, -0.2) is 9.67 Å². The summed E-state index contributed by atoms with van der Waals surface area (Å²) in [5.41, 5.74) is 6.58. The van der Waals surface area contributed by atoms with E-state index in [0.29, 0.717) is 17.1 Å². The number of hydrogen-bond acceptors (Lipinski definition) is 4. The Hall–Kier alpha value is -3.67. The minimum atomic E-state index is -0.189. The van der Waals surface area contributed by atoms with Gasteiger partial charge in [-0.2, -0.15) is 5.10 Å². The van der Waals surface area contributed by atoms with Gasteiger partial charge < -0.3 is 10.1 Å². The number of ether oxygens (including phenoxy) is 1. The number of pyridine rings is 1. The number of benzene rings is 2. The molecule has 2 aromatic carbocycles. The van der Waals surface area contributed by atoms with Gasteiger partial charge in [-0.05, 0) is 55.7 Å². The molecule has 0 aliphatic rings. The smallest absolute Gasteiger partial charge is 0.246 e. The van der Waals surface area contributed by atoms with Crippen molar-refractivity contribution in [3.8, 4) is 16.9 Å². The second-order valence-corrected chi connectivity index (χ2v) is 7.42. The first-order valence-corrected chi connectivity index (χ1v) is 9.80. The van der Waals surface area contributed by atoms with E-state index in [1.165, 1.54) is 5.56 Å². The summed E-state index contributed by atoms with van der Waals surface area (Å²) in [6.07, 6.45) is 1.76. The third kappa shape index (κ3) is 3.76. The van der Waals surface area contributed by atoms with Crippen molar-refractivity contribution in [1.29, 1.82) is 0 Å². The fourth-order valence-electron chi connectivity index (χ4n) is 3.69. The number of anilines is 1. The summed E-state index contributed by atoms with van der Waals surface area (Å²) >= 11 is 0. The molecule has 2 aromatic heterocycles. The van der Waals surface area contributed by atoms with Crippen LogP contribution in [0.1, 0.15) is 16.8 Å². The summed E-state index contributed by atoms with van der Waals surface area (Å²) < 4.78 is 7.00. The number of aryl methyl sites for hydroxylation is 3. The molecule has 0 unspecified atom stereocenters. The number of fused-ring (bicyclic) bond motifs is 1. The van der Waals surface area contributed by atoms with Crippen LogP contribution >= 0.6 is 0 Å². The lowest BCUT2D eigenvalue weighted by Crippen LogP contribution is -2.20. The normalized spacial score (nSPS) is 10.9. The van der Waals surface area contributed by atoms with Crippen LogP contribution in [0.5, 0.6) is 5.75 Å². The van der Waals surface area contributed by atoms with Crippen LogP contribution in [0, 0.1) is 20.8 Å². The van der Waals surface area contributed by atoms with Crippen LogP contribution < -0.4 is 10.1 Å². The molecule has 6 nitrogen and oxygen atoms in total. The number of hydrogen-bond donors (Lipinski definition) is 1. The Morgan fingerprint density at radius 3 is 2.63 bits per heavy atom. The minimum absolute atomic E-state index is 0.0612. The Bertz CT molecular complexity index is 1240. The molecule has 4 aromatic rings. The first-order chi connectivity index (χ1) is 14.5. The average Bonchev–Trinajstić information content (AvgIpc) is 3.03. The Morgan fingerprint density at radius 1 is 1.07 bits per heavy atom. The maximum atomic E-state index is 12.8. The van der Waals surface area contributed by atoms with E-state index < -0.39 is 0 Å². The second-order valence-electron chi connectivity index (χ2n) is 7.42. The van der Waals surface area contributed by atoms with E-state index in [-0.39, 0.29) is 12.5 Å². The van der Waals surface area contributed by atoms with Gasteiger partial charge in [0, 0.05) is 11.6 Å². The highest BCUT2D eigenvalue weighted by Gasteiger charge is 2.17. The molecule has 1 amide bonds. The summed E-state index contributed by atoms with van der Waals surface area (Å²) in [4.78, 5) is 17.3. The third-order valence-corrected chi connectivity index (χ3v) is 5.06. The summed E-state index contributed by atoms with van der Waals surface area (Å²) in [5, 5.41) is 8.49. The zero-order valence-electron chi connectivity index (χ0n) is 17.6. The van der Waals surface area contributed by atoms with E-state index in [4.69, 9.17) is 4.74 Å². The lowest BCUT2D eigenvalue weighted by molar-refractivity contribution is -0.116. The van der Waals surface area contributed by atoms with Gasteiger partial charge in [0.05, 0.1) is 18.5 Å². The predicted octanol–water partition coefficient (Wildman–Crippen LogP) is 4.67. The number of methoxy groups -OCH3 is 1. The maximum absolute atomic E-state index is 12.8. The van der Waals surface area contributed by atoms with E-state index in [0.717, 1.165) is 27.8 Å². The topological polar surface area (TPSA) is 69.0 Å². The molecule has 152 valence electrons. The van der Waals surface area contributed by atoms with Gasteiger partial charge in [0.2, 0.25) is 5.91 Å². The molecule has 0 bridgehead atoms. The fourth-order valence-corrected chi connectivity index (χ4v) is 3.69. The van der Waals surface area contributed by atoms with Crippen molar-refractivity contribution in [2.75, 3.05) is 12.4 Å². The molecule has 6 heteroatoms. The van der Waals surface area contributed by atoms with Gasteiger partial charge in [-0.3, -0.25) is 4.79 Å². The van der Waals surface area contributed by atoms with E-state index in [1.807, 2.05) is 44.2 Å². The summed E-state index contributed by atoms with van der Waals surface area (Å²) in [6, 6.07) is 16.0. The first kappa shape index (κ1) is 19.6. The zero-order chi connectivity index (χ0) is 21.3. The first-order valence-electron chi connectivity index (χ1n) is 9.80. The van der Waals surface area contributed by atoms with Crippen LogP contribution in [0.25, 0.3) is 22.2 Å². The van der Waals surface area contributed by atoms with Crippen molar-refractivity contribution < 1.29 is 9.53 Å². The predicted molar refractivity (Wildman–Crippen MR) is 119 cm³/mol. The molecule has 2 heterocycles. The van der Waals surface area contributed by atoms with Crippen LogP contribution in [-0.2, 0) is 11.3 Å². The zero-order valence-corrected chi connectivity index (χ0v) is 17.6. The summed E-state index contributed by atoms with van der Waals surface area (Å²) in [6.45, 7) is 6.05. The van der Waals surface area contributed by atoms with Gasteiger partial charge in [0.1, 0.15) is 12.3 Å². The van der Waals surface area contributed by atoms with Crippen LogP contribution in [0.2, 0.25) is 0 Å². The third-order valence-electron chi connectivity index (χ3n) is 5.06. The number of nitrogens with one attached hydrogen (secondary N) is 1. The molecule has 0 aliphatic carbocycles. The molecule has 0 atom stereocenters. The van der Waals surface area contributed by atoms with Crippen LogP contribution in [0.3, 0.4) is 0 Å². The highest BCUT2D eigenvalue weighted by molar-refractivity contribution is 5.97. The molecule has 0 saturated carbocycles. The molecule has 0 spiro atoms. The molecule has 1 N–H and O–H groups in total. The monoisotopic (exact) mass is 400 g/mol. The van der Waals surface area contributed by atoms with Crippen LogP contribution in [0.4, 0.5) is 5.69 Å². The quantitative estimate of drug-likeness (QED) is 0.528. The van der Waals surface area contributed by atoms with Gasteiger partial charge >= 0.3 is 0 Å². The highest BCUT2D eigenvalue weighted by Crippen LogP contribution is 2.30. The maximum Gasteiger partial charge on any atom is 0.246 e. The molecular formula is C24H24N4O2. The van der Waals surface area contributed by atoms with E-state index in [1.54, 1.807) is 18.0 Å². The second kappa shape index (κ2) is 7.99. The summed E-state index contributed by atoms with van der Waals surface area (Å²) in [7, 11) is 1.58. The van der Waals surface area contributed by atoms with Crippen molar-refractivity contribution in [2.24, 2.45) is 0 Å². The van der Waals surface area contributed by atoms with Crippen molar-refractivity contribution >= 4 is 22.6 Å². The van der Waals surface area contributed by atoms with Crippen LogP contribution in [0.15, 0.2) is 54.7 Å². The minimum Gasteiger partial charge on any atom is -0.495 e. The van der Waals surface area contributed by atoms with Crippen molar-refractivity contribution in [3.63, 3.8) is 0 Å². The van der Waals surface area contributed by atoms with E-state index in [9.17, 15) is 4.79 Å². The molecule has 0 radical (unpaired) electrons. The van der Waals surface area contributed by atoms with Crippen molar-refractivity contribution in [3.05, 3.63) is 71.5 Å². The number of carbonyl (C=O) groups excluding carboxylic acids is 1. The molecule has 0 saturated heterocycles. The van der Waals surface area contributed by atoms with Gasteiger partial charge in [0.25, 0.3) is 0 Å². The van der Waals surface area contributed by atoms with E-state index in [2.05, 4.69) is 40.5 Å². The van der Waals surface area contributed by atoms with Gasteiger partial charge in [-0.15, -0.1) is 0 Å². The number of nitrogens with zero attached hydrogens (tertiary/aromatic N) is 3. The fraction of sp³-hybridized carbons (Fsp3) is 0.208. The van der Waals surface area contributed by atoms with Gasteiger partial charge in [0.15, 0.2) is 5.65 Å². The lowest BCUT2D eigenvalue weighted by atomic mass is 10.0. The largest absolute Gasteiger partial charge is 0.495 e. The Balaban J connectivity index is 1.67. The Labute approximate surface area is 175 Å². The molecule has 30 heavy (non-hydrogen) atoms. The van der Waals surface area contributed by atoms with Crippen LogP contribution in [-0.4, -0.2) is 27.8 Å². The van der Waals surface area contributed by atoms with Gasteiger partial charge in [-0.1, -0.05) is 35.9 Å². The number of carbonyl (C=O) groups is 1. The molecule has 0 fully saturated rings. The molecule has 0 aliphatic heterocycles. The summed E-state index contributed by atoms with van der Waals surface area (Å²) in [5.74, 6) is 0.432. The lowest BCUT2D eigenvalue weighted by Gasteiger charge is -2.11. The number of rotatable bonds is 5. The Morgan fingerprint density at radius 2 is 1.87 bits per heavy atom. The molecule has 4 rings (SSSR count).